The second kappa shape index (κ2) is 5.43. The summed E-state index contributed by atoms with van der Waals surface area (Å²) in [5.74, 6) is 0.487. The van der Waals surface area contributed by atoms with Crippen molar-refractivity contribution in [2.75, 3.05) is 6.54 Å². The van der Waals surface area contributed by atoms with E-state index in [1.54, 1.807) is 11.3 Å². The molecule has 3 heteroatoms. The SMILES string of the molecule is Cc1nc(-c2ccccc2)c(C(C)CCN)s1. The van der Waals surface area contributed by atoms with Crippen molar-refractivity contribution >= 4 is 11.3 Å². The van der Waals surface area contributed by atoms with Crippen molar-refractivity contribution in [1.82, 2.24) is 4.98 Å². The molecule has 1 unspecified atom stereocenters. The number of hydrogen-bond acceptors (Lipinski definition) is 3. The van der Waals surface area contributed by atoms with Crippen LogP contribution in [0.2, 0.25) is 0 Å². The minimum Gasteiger partial charge on any atom is -0.330 e. The maximum Gasteiger partial charge on any atom is 0.0904 e. The number of thiazole rings is 1. The van der Waals surface area contributed by atoms with Crippen LogP contribution in [0.3, 0.4) is 0 Å². The monoisotopic (exact) mass is 246 g/mol. The Morgan fingerprint density at radius 3 is 2.65 bits per heavy atom. The van der Waals surface area contributed by atoms with Crippen molar-refractivity contribution in [1.29, 1.82) is 0 Å². The fraction of sp³-hybridized carbons (Fsp3) is 0.357. The highest BCUT2D eigenvalue weighted by molar-refractivity contribution is 7.12. The van der Waals surface area contributed by atoms with Gasteiger partial charge in [0.2, 0.25) is 0 Å². The number of rotatable bonds is 4. The maximum absolute atomic E-state index is 5.65. The molecule has 1 aromatic carbocycles. The lowest BCUT2D eigenvalue weighted by molar-refractivity contribution is 0.701. The average Bonchev–Trinajstić information content (AvgIpc) is 2.73. The van der Waals surface area contributed by atoms with Gasteiger partial charge in [-0.1, -0.05) is 37.3 Å². The van der Waals surface area contributed by atoms with Gasteiger partial charge in [0.25, 0.3) is 0 Å². The summed E-state index contributed by atoms with van der Waals surface area (Å²) < 4.78 is 0. The van der Waals surface area contributed by atoms with Crippen LogP contribution in [0.4, 0.5) is 0 Å². The van der Waals surface area contributed by atoms with E-state index in [4.69, 9.17) is 5.73 Å². The smallest absolute Gasteiger partial charge is 0.0904 e. The van der Waals surface area contributed by atoms with Gasteiger partial charge in [-0.3, -0.25) is 0 Å². The normalized spacial score (nSPS) is 12.6. The molecule has 1 atom stereocenters. The minimum absolute atomic E-state index is 0.487. The molecule has 1 aromatic heterocycles. The van der Waals surface area contributed by atoms with Gasteiger partial charge in [0.15, 0.2) is 0 Å². The predicted octanol–water partition coefficient (Wildman–Crippen LogP) is 3.57. The van der Waals surface area contributed by atoms with Gasteiger partial charge in [-0.15, -0.1) is 11.3 Å². The standard InChI is InChI=1S/C14H18N2S/c1-10(8-9-15)14-13(16-11(2)17-14)12-6-4-3-5-7-12/h3-7,10H,8-9,15H2,1-2H3. The molecule has 0 fully saturated rings. The third-order valence-corrected chi connectivity index (χ3v) is 4.06. The second-order valence-corrected chi connectivity index (χ2v) is 5.52. The molecule has 0 aliphatic rings. The first-order valence-electron chi connectivity index (χ1n) is 5.95. The van der Waals surface area contributed by atoms with Gasteiger partial charge in [-0.05, 0) is 25.8 Å². The lowest BCUT2D eigenvalue weighted by Gasteiger charge is -2.09. The highest BCUT2D eigenvalue weighted by atomic mass is 32.1. The minimum atomic E-state index is 0.487. The molecule has 90 valence electrons. The van der Waals surface area contributed by atoms with Crippen LogP contribution in [-0.2, 0) is 0 Å². The van der Waals surface area contributed by atoms with Crippen LogP contribution in [0.25, 0.3) is 11.3 Å². The van der Waals surface area contributed by atoms with Gasteiger partial charge in [0.1, 0.15) is 0 Å². The Morgan fingerprint density at radius 1 is 1.29 bits per heavy atom. The first-order valence-corrected chi connectivity index (χ1v) is 6.77. The molecule has 0 radical (unpaired) electrons. The first kappa shape index (κ1) is 12.3. The van der Waals surface area contributed by atoms with E-state index in [1.807, 2.05) is 6.07 Å². The average molecular weight is 246 g/mol. The molecule has 2 rings (SSSR count). The Bertz CT molecular complexity index is 476. The van der Waals surface area contributed by atoms with E-state index in [1.165, 1.54) is 10.4 Å². The van der Waals surface area contributed by atoms with Gasteiger partial charge >= 0.3 is 0 Å². The van der Waals surface area contributed by atoms with Gasteiger partial charge in [-0.2, -0.15) is 0 Å². The van der Waals surface area contributed by atoms with E-state index in [0.717, 1.165) is 23.7 Å². The lowest BCUT2D eigenvalue weighted by Crippen LogP contribution is -2.04. The molecule has 0 aliphatic carbocycles. The summed E-state index contributed by atoms with van der Waals surface area (Å²) in [5, 5.41) is 1.13. The summed E-state index contributed by atoms with van der Waals surface area (Å²) in [5.41, 5.74) is 7.98. The zero-order valence-corrected chi connectivity index (χ0v) is 11.1. The third kappa shape index (κ3) is 2.73. The molecule has 1 heterocycles. The summed E-state index contributed by atoms with van der Waals surface area (Å²) >= 11 is 1.79. The van der Waals surface area contributed by atoms with E-state index in [2.05, 4.69) is 43.1 Å². The Labute approximate surface area is 107 Å². The van der Waals surface area contributed by atoms with Crippen molar-refractivity contribution < 1.29 is 0 Å². The zero-order chi connectivity index (χ0) is 12.3. The fourth-order valence-electron chi connectivity index (χ4n) is 1.96. The Balaban J connectivity index is 2.40. The van der Waals surface area contributed by atoms with Crippen molar-refractivity contribution in [3.63, 3.8) is 0 Å². The van der Waals surface area contributed by atoms with Crippen molar-refractivity contribution in [2.45, 2.75) is 26.2 Å². The van der Waals surface area contributed by atoms with E-state index in [-0.39, 0.29) is 0 Å². The predicted molar refractivity (Wildman–Crippen MR) is 74.4 cm³/mol. The maximum atomic E-state index is 5.65. The van der Waals surface area contributed by atoms with E-state index in [9.17, 15) is 0 Å². The van der Waals surface area contributed by atoms with Crippen LogP contribution in [0.1, 0.15) is 29.1 Å². The Hall–Kier alpha value is -1.19. The number of nitrogens with zero attached hydrogens (tertiary/aromatic N) is 1. The third-order valence-electron chi connectivity index (χ3n) is 2.85. The van der Waals surface area contributed by atoms with E-state index >= 15 is 0 Å². The molecular weight excluding hydrogens is 228 g/mol. The van der Waals surface area contributed by atoms with Crippen molar-refractivity contribution in [2.24, 2.45) is 5.73 Å². The molecule has 0 amide bonds. The molecule has 17 heavy (non-hydrogen) atoms. The molecule has 0 aliphatic heterocycles. The Morgan fingerprint density at radius 2 is 2.00 bits per heavy atom. The molecule has 2 aromatic rings. The zero-order valence-electron chi connectivity index (χ0n) is 10.3. The number of benzene rings is 1. The highest BCUT2D eigenvalue weighted by Gasteiger charge is 2.16. The number of aromatic nitrogens is 1. The van der Waals surface area contributed by atoms with Gasteiger partial charge in [0.05, 0.1) is 10.7 Å². The quantitative estimate of drug-likeness (QED) is 0.895. The van der Waals surface area contributed by atoms with Crippen LogP contribution in [0.15, 0.2) is 30.3 Å². The van der Waals surface area contributed by atoms with Gasteiger partial charge in [0, 0.05) is 10.4 Å². The molecule has 2 N–H and O–H groups in total. The molecular formula is C14H18N2S. The molecule has 0 bridgehead atoms. The first-order chi connectivity index (χ1) is 8.22. The van der Waals surface area contributed by atoms with E-state index < -0.39 is 0 Å². The van der Waals surface area contributed by atoms with Crippen LogP contribution >= 0.6 is 11.3 Å². The Kier molecular flexibility index (Phi) is 3.92. The molecule has 0 saturated carbocycles. The van der Waals surface area contributed by atoms with Crippen LogP contribution in [0, 0.1) is 6.92 Å². The van der Waals surface area contributed by atoms with Crippen molar-refractivity contribution in [3.8, 4) is 11.3 Å². The second-order valence-electron chi connectivity index (χ2n) is 4.29. The summed E-state index contributed by atoms with van der Waals surface area (Å²) in [6.45, 7) is 5.02. The van der Waals surface area contributed by atoms with Gasteiger partial charge in [-0.25, -0.2) is 4.98 Å². The number of nitrogens with two attached hydrogens (primary N) is 1. The van der Waals surface area contributed by atoms with Crippen LogP contribution in [-0.4, -0.2) is 11.5 Å². The summed E-state index contributed by atoms with van der Waals surface area (Å²) in [7, 11) is 0. The molecule has 2 nitrogen and oxygen atoms in total. The van der Waals surface area contributed by atoms with Crippen LogP contribution in [0.5, 0.6) is 0 Å². The highest BCUT2D eigenvalue weighted by Crippen LogP contribution is 2.34. The summed E-state index contributed by atoms with van der Waals surface area (Å²) in [6, 6.07) is 10.4. The number of aryl methyl sites for hydroxylation is 1. The van der Waals surface area contributed by atoms with Crippen molar-refractivity contribution in [3.05, 3.63) is 40.2 Å². The fourth-order valence-corrected chi connectivity index (χ4v) is 3.00. The molecule has 0 spiro atoms. The number of hydrogen-bond donors (Lipinski definition) is 1. The molecule has 0 saturated heterocycles. The van der Waals surface area contributed by atoms with E-state index in [0.29, 0.717) is 5.92 Å². The summed E-state index contributed by atoms with van der Waals surface area (Å²) in [4.78, 5) is 6.02. The topological polar surface area (TPSA) is 38.9 Å². The largest absolute Gasteiger partial charge is 0.330 e. The van der Waals surface area contributed by atoms with Crippen LogP contribution < -0.4 is 5.73 Å². The summed E-state index contributed by atoms with van der Waals surface area (Å²) in [6.07, 6.45) is 1.02. The van der Waals surface area contributed by atoms with Gasteiger partial charge < -0.3 is 5.73 Å². The lowest BCUT2D eigenvalue weighted by atomic mass is 10.0.